The molecule has 3 N–H and O–H groups in total. The molecule has 0 aromatic rings. The maximum absolute atomic E-state index is 12.7. The Bertz CT molecular complexity index is 961. The molecule has 10 heteroatoms. The Morgan fingerprint density at radius 3 is 1.84 bits per heavy atom. The lowest BCUT2D eigenvalue weighted by Crippen LogP contribution is -2.38. The summed E-state index contributed by atoms with van der Waals surface area (Å²) >= 11 is 0. The number of hydrogen-bond donors (Lipinski definition) is 3. The van der Waals surface area contributed by atoms with Crippen molar-refractivity contribution in [3.8, 4) is 0 Å². The highest BCUT2D eigenvalue weighted by Crippen LogP contribution is 2.55. The Morgan fingerprint density at radius 1 is 0.837 bits per heavy atom. The minimum atomic E-state index is -1.21. The molecule has 6 rings (SSSR count). The van der Waals surface area contributed by atoms with Crippen LogP contribution in [0, 0.1) is 52.8 Å². The Kier molecular flexibility index (Phi) is 29.0. The summed E-state index contributed by atoms with van der Waals surface area (Å²) in [6.07, 6.45) is 7.78. The molecule has 0 aromatic carbocycles. The number of hydrogen-bond acceptors (Lipinski definition) is 8. The van der Waals surface area contributed by atoms with Crippen molar-refractivity contribution >= 4 is 23.9 Å². The first kappa shape index (κ1) is 59.0. The van der Waals surface area contributed by atoms with Crippen molar-refractivity contribution in [2.45, 2.75) is 164 Å². The summed E-state index contributed by atoms with van der Waals surface area (Å²) in [6, 6.07) is 0. The molecule has 298 valence electrons. The lowest BCUT2D eigenvalue weighted by atomic mass is 9.79. The fourth-order valence-corrected chi connectivity index (χ4v) is 8.09. The van der Waals surface area contributed by atoms with E-state index in [4.69, 9.17) is 19.3 Å². The summed E-state index contributed by atoms with van der Waals surface area (Å²) in [5, 5.41) is 25.8. The maximum atomic E-state index is 12.7. The van der Waals surface area contributed by atoms with Crippen molar-refractivity contribution in [1.29, 1.82) is 0 Å². The first-order valence-electron chi connectivity index (χ1n) is 14.9. The Labute approximate surface area is 302 Å². The molecule has 0 aromatic heterocycles. The van der Waals surface area contributed by atoms with Gasteiger partial charge >= 0.3 is 23.9 Å². The van der Waals surface area contributed by atoms with Gasteiger partial charge < -0.3 is 29.5 Å². The van der Waals surface area contributed by atoms with Crippen LogP contribution in [0.15, 0.2) is 0 Å². The third kappa shape index (κ3) is 12.8. The molecule has 0 spiro atoms. The van der Waals surface area contributed by atoms with E-state index in [-0.39, 0.29) is 110 Å². The van der Waals surface area contributed by atoms with Crippen LogP contribution in [0.1, 0.15) is 145 Å². The highest BCUT2D eigenvalue weighted by molar-refractivity contribution is 5.79. The lowest BCUT2D eigenvalue weighted by Gasteiger charge is -2.29. The molecule has 0 amide bonds. The smallest absolute Gasteiger partial charge is 0.309 e. The molecule has 4 bridgehead atoms. The van der Waals surface area contributed by atoms with Crippen LogP contribution in [0.25, 0.3) is 0 Å². The molecule has 10 nitrogen and oxygen atoms in total. The van der Waals surface area contributed by atoms with E-state index in [9.17, 15) is 29.4 Å². The minimum Gasteiger partial charge on any atom is -0.481 e. The highest BCUT2D eigenvalue weighted by atomic mass is 16.6. The van der Waals surface area contributed by atoms with Gasteiger partial charge in [0.2, 0.25) is 0 Å². The summed E-state index contributed by atoms with van der Waals surface area (Å²) in [5.41, 5.74) is -1.21. The van der Waals surface area contributed by atoms with Crippen molar-refractivity contribution in [3.63, 3.8) is 0 Å². The van der Waals surface area contributed by atoms with Gasteiger partial charge in [0.15, 0.2) is 0 Å². The van der Waals surface area contributed by atoms with E-state index in [2.05, 4.69) is 0 Å². The molecule has 11 atom stereocenters. The van der Waals surface area contributed by atoms with Gasteiger partial charge in [0.25, 0.3) is 0 Å². The van der Waals surface area contributed by atoms with Crippen molar-refractivity contribution in [1.82, 2.24) is 0 Å². The number of carbonyl (C=O) groups is 4. The number of ether oxygens (including phenoxy) is 3. The summed E-state index contributed by atoms with van der Waals surface area (Å²) in [6.45, 7) is 5.81. The zero-order valence-electron chi connectivity index (χ0n) is 24.1. The van der Waals surface area contributed by atoms with Crippen LogP contribution < -0.4 is 0 Å². The van der Waals surface area contributed by atoms with Gasteiger partial charge in [0, 0.05) is 18.9 Å². The molecule has 2 aliphatic heterocycles. The monoisotopic (exact) mass is 711 g/mol. The van der Waals surface area contributed by atoms with Crippen molar-refractivity contribution < 1.29 is 48.7 Å². The van der Waals surface area contributed by atoms with Crippen LogP contribution in [-0.2, 0) is 33.4 Å². The van der Waals surface area contributed by atoms with Gasteiger partial charge in [-0.05, 0) is 83.0 Å². The quantitative estimate of drug-likeness (QED) is 0.147. The van der Waals surface area contributed by atoms with Crippen LogP contribution >= 0.6 is 0 Å². The fourth-order valence-electron chi connectivity index (χ4n) is 8.09. The van der Waals surface area contributed by atoms with E-state index < -0.39 is 41.3 Å². The Morgan fingerprint density at radius 2 is 1.41 bits per heavy atom. The van der Waals surface area contributed by atoms with Gasteiger partial charge in [0.1, 0.15) is 12.2 Å². The van der Waals surface area contributed by atoms with E-state index in [0.717, 1.165) is 37.9 Å². The number of epoxide rings is 1. The molecule has 4 saturated carbocycles. The number of aliphatic hydroxyl groups excluding tert-OH is 1. The summed E-state index contributed by atoms with van der Waals surface area (Å²) in [5.74, 6) is -1.16. The molecule has 0 radical (unpaired) electrons. The second kappa shape index (κ2) is 24.1. The average molecular weight is 711 g/mol. The van der Waals surface area contributed by atoms with Crippen LogP contribution in [0.2, 0.25) is 0 Å². The van der Waals surface area contributed by atoms with Crippen molar-refractivity contribution in [3.05, 3.63) is 0 Å². The number of carbonyl (C=O) groups excluding carboxylic acids is 2. The number of fused-ring (bicyclic) bond motifs is 3. The number of aliphatic carboxylic acids is 2. The molecule has 2 saturated heterocycles. The van der Waals surface area contributed by atoms with E-state index in [1.807, 2.05) is 0 Å². The SMILES string of the molecule is C.C.C.C.C.C.C.C.C.C1CC2CC1CC2C1CO1.CCC(CC(CC(C)(C)C(=O)O)C(=O)O)C(=O)OC1C2CC3C(=O)OC1C3C2.CO. The van der Waals surface area contributed by atoms with Gasteiger partial charge in [0.05, 0.1) is 35.9 Å². The number of rotatable bonds is 10. The predicted molar refractivity (Wildman–Crippen MR) is 202 cm³/mol. The molecule has 2 heterocycles. The van der Waals surface area contributed by atoms with Crippen LogP contribution in [0.4, 0.5) is 0 Å². The van der Waals surface area contributed by atoms with Crippen LogP contribution in [0.3, 0.4) is 0 Å². The molecular weight excluding hydrogens is 628 g/mol. The number of esters is 2. The van der Waals surface area contributed by atoms with E-state index in [1.165, 1.54) is 39.5 Å². The normalized spacial score (nSPS) is 30.6. The predicted octanol–water partition coefficient (Wildman–Crippen LogP) is 9.25. The van der Waals surface area contributed by atoms with Gasteiger partial charge in [-0.15, -0.1) is 0 Å². The number of aliphatic hydroxyl groups is 1. The summed E-state index contributed by atoms with van der Waals surface area (Å²) in [4.78, 5) is 47.6. The molecule has 6 aliphatic rings. The maximum Gasteiger partial charge on any atom is 0.309 e. The van der Waals surface area contributed by atoms with Gasteiger partial charge in [-0.25, -0.2) is 0 Å². The topological polar surface area (TPSA) is 160 Å². The zero-order valence-corrected chi connectivity index (χ0v) is 24.1. The third-order valence-electron chi connectivity index (χ3n) is 10.4. The van der Waals surface area contributed by atoms with E-state index >= 15 is 0 Å². The second-order valence-electron chi connectivity index (χ2n) is 13.3. The van der Waals surface area contributed by atoms with Crippen molar-refractivity contribution in [2.24, 2.45) is 52.8 Å². The first-order chi connectivity index (χ1) is 19.0. The molecule has 4 aliphatic carbocycles. The Hall–Kier alpha value is -2.20. The minimum absolute atomic E-state index is 0. The number of carboxylic acid groups (broad SMARTS) is 2. The average Bonchev–Trinajstić information content (AvgIpc) is 3.21. The third-order valence-corrected chi connectivity index (χ3v) is 10.4. The van der Waals surface area contributed by atoms with Crippen LogP contribution in [-0.4, -0.2) is 71.2 Å². The molecule has 11 unspecified atom stereocenters. The van der Waals surface area contributed by atoms with Crippen molar-refractivity contribution in [2.75, 3.05) is 13.7 Å². The highest BCUT2D eigenvalue weighted by Gasteiger charge is 2.63. The lowest BCUT2D eigenvalue weighted by molar-refractivity contribution is -0.167. The fraction of sp³-hybridized carbons (Fsp3) is 0.897. The van der Waals surface area contributed by atoms with Gasteiger partial charge in [-0.1, -0.05) is 80.2 Å². The van der Waals surface area contributed by atoms with E-state index in [0.29, 0.717) is 18.9 Å². The molecular formula is C39H82O10. The second-order valence-corrected chi connectivity index (χ2v) is 13.3. The van der Waals surface area contributed by atoms with E-state index in [1.54, 1.807) is 6.92 Å². The summed E-state index contributed by atoms with van der Waals surface area (Å²) < 4.78 is 16.5. The van der Waals surface area contributed by atoms with Crippen LogP contribution in [0.5, 0.6) is 0 Å². The first-order valence-corrected chi connectivity index (χ1v) is 14.9. The Balaban J connectivity index is -0.000000189. The summed E-state index contributed by atoms with van der Waals surface area (Å²) in [7, 11) is 1.00. The largest absolute Gasteiger partial charge is 0.481 e. The zero-order chi connectivity index (χ0) is 29.4. The standard InChI is InChI=1S/C20H28O8.C9H14O.CH4O.9CH4/c1-4-9(5-11(16(21)22)8-20(2,3)19(25)26)17(23)27-14-10-6-12-13(7-10)18(24)28-15(12)14;1-2-7-3-6(1)4-8(7)9-5-10-9;1-2;;;;;;;;;/h9-15H,4-8H2,1-3H3,(H,21,22)(H,25,26);6-9H,1-5H2;2H,1H3;9*1H4. The molecule has 6 fully saturated rings. The molecule has 49 heavy (non-hydrogen) atoms. The van der Waals surface area contributed by atoms with Gasteiger partial charge in [-0.3, -0.25) is 19.2 Å². The number of carboxylic acids is 2. The van der Waals surface area contributed by atoms with Gasteiger partial charge in [-0.2, -0.15) is 0 Å².